The monoisotopic (exact) mass is 671 g/mol. The van der Waals surface area contributed by atoms with Gasteiger partial charge in [-0.05, 0) is 38.5 Å². The fourth-order valence-corrected chi connectivity index (χ4v) is 8.38. The second kappa shape index (κ2) is 12.1. The van der Waals surface area contributed by atoms with Gasteiger partial charge in [0.05, 0.1) is 43.4 Å². The van der Waals surface area contributed by atoms with Crippen molar-refractivity contribution in [1.82, 2.24) is 24.7 Å². The Morgan fingerprint density at radius 1 is 0.898 bits per heavy atom. The van der Waals surface area contributed by atoms with Crippen LogP contribution in [0.3, 0.4) is 0 Å². The molecule has 2 unspecified atom stereocenters. The van der Waals surface area contributed by atoms with Gasteiger partial charge in [0.1, 0.15) is 11.4 Å². The van der Waals surface area contributed by atoms with Crippen LogP contribution in [0.15, 0.2) is 95.3 Å². The van der Waals surface area contributed by atoms with Crippen molar-refractivity contribution >= 4 is 29.1 Å². The number of benzene rings is 2. The molecule has 1 aliphatic carbocycles. The van der Waals surface area contributed by atoms with Crippen molar-refractivity contribution < 1.29 is 14.2 Å². The molecule has 6 heterocycles. The number of fused-ring (bicyclic) bond motifs is 2. The summed E-state index contributed by atoms with van der Waals surface area (Å²) in [5.74, 6) is 1.18. The molecule has 1 saturated carbocycles. The number of pyridine rings is 1. The van der Waals surface area contributed by atoms with Gasteiger partial charge in [-0.3, -0.25) is 4.68 Å². The summed E-state index contributed by atoms with van der Waals surface area (Å²) < 4.78 is 22.1. The third-order valence-corrected chi connectivity index (χ3v) is 10.9. The van der Waals surface area contributed by atoms with Crippen molar-refractivity contribution in [3.63, 3.8) is 0 Å². The molecule has 4 aliphatic rings. The Morgan fingerprint density at radius 2 is 1.63 bits per heavy atom. The van der Waals surface area contributed by atoms with Crippen LogP contribution in [0.2, 0.25) is 0 Å². The number of hydrogen-bond acceptors (Lipinski definition) is 10. The summed E-state index contributed by atoms with van der Waals surface area (Å²) in [6.07, 6.45) is 9.33. The molecule has 9 rings (SSSR count). The first-order chi connectivity index (χ1) is 24.1. The molecule has 0 bridgehead atoms. The number of hydrogen-bond donors (Lipinski definition) is 0. The Kier molecular flexibility index (Phi) is 7.51. The van der Waals surface area contributed by atoms with E-state index in [9.17, 15) is 0 Å². The second-order valence-electron chi connectivity index (χ2n) is 12.9. The van der Waals surface area contributed by atoms with Gasteiger partial charge in [-0.2, -0.15) is 10.1 Å². The minimum absolute atomic E-state index is 0.139. The van der Waals surface area contributed by atoms with Gasteiger partial charge in [0.15, 0.2) is 16.6 Å². The predicted octanol–water partition coefficient (Wildman–Crippen LogP) is 7.11. The van der Waals surface area contributed by atoms with Gasteiger partial charge in [-0.1, -0.05) is 78.5 Å². The maximum Gasteiger partial charge on any atom is 0.230 e. The van der Waals surface area contributed by atoms with Gasteiger partial charge in [0.2, 0.25) is 11.7 Å². The van der Waals surface area contributed by atoms with Crippen LogP contribution < -0.4 is 9.64 Å². The summed E-state index contributed by atoms with van der Waals surface area (Å²) in [6.45, 7) is 4.62. The van der Waals surface area contributed by atoms with Gasteiger partial charge >= 0.3 is 0 Å². The van der Waals surface area contributed by atoms with Gasteiger partial charge in [-0.25, -0.2) is 15.0 Å². The molecule has 0 radical (unpaired) electrons. The van der Waals surface area contributed by atoms with E-state index < -0.39 is 11.4 Å². The molecule has 248 valence electrons. The number of ether oxygens (including phenoxy) is 3. The van der Waals surface area contributed by atoms with Crippen LogP contribution in [0.4, 0.5) is 11.6 Å². The Balaban J connectivity index is 1.18. The number of thioether (sulfide) groups is 1. The van der Waals surface area contributed by atoms with Gasteiger partial charge in [0, 0.05) is 41.4 Å². The molecule has 2 atom stereocenters. The molecule has 0 amide bonds. The molecule has 11 heteroatoms. The first-order valence-corrected chi connectivity index (χ1v) is 18.2. The molecule has 5 aromatic rings. The molecule has 2 fully saturated rings. The zero-order chi connectivity index (χ0) is 33.0. The Bertz CT molecular complexity index is 2010. The summed E-state index contributed by atoms with van der Waals surface area (Å²) in [7, 11) is 0. The van der Waals surface area contributed by atoms with Gasteiger partial charge < -0.3 is 19.1 Å². The molecular weight excluding hydrogens is 635 g/mol. The average molecular weight is 672 g/mol. The molecule has 10 nitrogen and oxygen atoms in total. The van der Waals surface area contributed by atoms with Crippen molar-refractivity contribution in [3.05, 3.63) is 107 Å². The van der Waals surface area contributed by atoms with Crippen LogP contribution in [0.25, 0.3) is 11.3 Å². The van der Waals surface area contributed by atoms with Crippen LogP contribution in [-0.4, -0.2) is 62.2 Å². The van der Waals surface area contributed by atoms with E-state index in [1.54, 1.807) is 0 Å². The second-order valence-corrected chi connectivity index (χ2v) is 13.7. The fraction of sp³-hybridized carbons (Fsp3) is 0.342. The quantitative estimate of drug-likeness (QED) is 0.106. The minimum Gasteiger partial charge on any atom is -0.460 e. The zero-order valence-corrected chi connectivity index (χ0v) is 28.4. The molecule has 1 saturated heterocycles. The highest BCUT2D eigenvalue weighted by molar-refractivity contribution is 7.98. The third-order valence-electron chi connectivity index (χ3n) is 10.3. The first-order valence-electron chi connectivity index (χ1n) is 17.0. The zero-order valence-electron chi connectivity index (χ0n) is 27.6. The number of rotatable bonds is 6. The van der Waals surface area contributed by atoms with E-state index in [4.69, 9.17) is 39.3 Å². The summed E-state index contributed by atoms with van der Waals surface area (Å²) in [5, 5.41) is 5.61. The predicted molar refractivity (Wildman–Crippen MR) is 189 cm³/mol. The van der Waals surface area contributed by atoms with Gasteiger partial charge in [-0.15, -0.1) is 0 Å². The number of nitrogens with zero attached hydrogens (tertiary/aromatic N) is 7. The standard InChI is InChI=1S/C38H37N7O3S/c1-25(28-16-11-19-39-33(28)41-31(26-12-5-3-6-13-26)27-14-7-4-8-15-27)44-20-21-45-32-29(24-40-45)37(17-9-10-18-38(37)46-22-23-47-38)48-35-30(32)34(44)42-36(43-35)49-2/h3-8,11-16,19,24-25H,9-10,17-18,20-23H2,1-2H3. The number of aliphatic imine (C=N–C) groups is 1. The lowest BCUT2D eigenvalue weighted by Crippen LogP contribution is -2.59. The maximum absolute atomic E-state index is 7.13. The fourth-order valence-electron chi connectivity index (χ4n) is 8.03. The normalized spacial score (nSPS) is 20.8. The van der Waals surface area contributed by atoms with E-state index in [1.165, 1.54) is 11.8 Å². The lowest BCUT2D eigenvalue weighted by atomic mass is 9.72. The molecule has 3 aromatic heterocycles. The van der Waals surface area contributed by atoms with Crippen molar-refractivity contribution in [2.45, 2.75) is 61.7 Å². The van der Waals surface area contributed by atoms with Crippen molar-refractivity contribution in [2.75, 3.05) is 30.9 Å². The highest BCUT2D eigenvalue weighted by atomic mass is 32.2. The van der Waals surface area contributed by atoms with Crippen LogP contribution in [0.1, 0.15) is 60.9 Å². The van der Waals surface area contributed by atoms with Crippen LogP contribution in [0.5, 0.6) is 5.88 Å². The Morgan fingerprint density at radius 3 is 2.37 bits per heavy atom. The largest absolute Gasteiger partial charge is 0.460 e. The lowest BCUT2D eigenvalue weighted by Gasteiger charge is -2.50. The summed E-state index contributed by atoms with van der Waals surface area (Å²) >= 11 is 1.51. The smallest absolute Gasteiger partial charge is 0.230 e. The number of aromatic nitrogens is 5. The van der Waals surface area contributed by atoms with Crippen LogP contribution >= 0.6 is 11.8 Å². The van der Waals surface area contributed by atoms with Gasteiger partial charge in [0.25, 0.3) is 0 Å². The van der Waals surface area contributed by atoms with E-state index in [0.29, 0.717) is 43.2 Å². The molecule has 49 heavy (non-hydrogen) atoms. The maximum atomic E-state index is 7.13. The summed E-state index contributed by atoms with van der Waals surface area (Å²) in [6, 6.07) is 24.5. The average Bonchev–Trinajstić information content (AvgIpc) is 3.78. The summed E-state index contributed by atoms with van der Waals surface area (Å²) in [4.78, 5) is 22.6. The topological polar surface area (TPSA) is 99.8 Å². The molecule has 0 N–H and O–H groups in total. The number of anilines is 1. The summed E-state index contributed by atoms with van der Waals surface area (Å²) in [5.41, 5.74) is 5.96. The molecule has 3 aliphatic heterocycles. The first kappa shape index (κ1) is 30.5. The van der Waals surface area contributed by atoms with E-state index in [-0.39, 0.29) is 6.04 Å². The van der Waals surface area contributed by atoms with Crippen molar-refractivity contribution in [3.8, 4) is 17.1 Å². The molecule has 2 spiro atoms. The lowest BCUT2D eigenvalue weighted by molar-refractivity contribution is -0.283. The van der Waals surface area contributed by atoms with E-state index in [0.717, 1.165) is 70.7 Å². The SMILES string of the molecule is CSc1nc2c3c(n1)N(C(C)c1cccnc1N=C(c1ccccc1)c1ccccc1)CCn1ncc(c1-3)C1(CCCCC13OCCO3)O2. The van der Waals surface area contributed by atoms with E-state index >= 15 is 0 Å². The van der Waals surface area contributed by atoms with Crippen LogP contribution in [0, 0.1) is 0 Å². The van der Waals surface area contributed by atoms with E-state index in [1.807, 2.05) is 61.1 Å². The van der Waals surface area contributed by atoms with Crippen molar-refractivity contribution in [2.24, 2.45) is 4.99 Å². The highest BCUT2D eigenvalue weighted by Gasteiger charge is 2.64. The molecular formula is C38H37N7O3S. The Labute approximate surface area is 289 Å². The highest BCUT2D eigenvalue weighted by Crippen LogP contribution is 2.59. The van der Waals surface area contributed by atoms with E-state index in [2.05, 4.69) is 46.8 Å². The minimum atomic E-state index is -0.866. The Hall–Kier alpha value is -4.58. The molecule has 2 aromatic carbocycles. The van der Waals surface area contributed by atoms with Crippen LogP contribution in [-0.2, 0) is 21.6 Å². The van der Waals surface area contributed by atoms with Crippen molar-refractivity contribution in [1.29, 1.82) is 0 Å². The third kappa shape index (κ3) is 4.81.